The van der Waals surface area contributed by atoms with Gasteiger partial charge in [-0.25, -0.2) is 27.2 Å². The van der Waals surface area contributed by atoms with Gasteiger partial charge in [0.2, 0.25) is 28.3 Å². The molecule has 4 bridgehead atoms. The molecule has 2 fully saturated rings. The fourth-order valence-corrected chi connectivity index (χ4v) is 11.2. The van der Waals surface area contributed by atoms with Crippen LogP contribution in [0.5, 0.6) is 11.5 Å². The number of pyridine rings is 2. The summed E-state index contributed by atoms with van der Waals surface area (Å²) in [5, 5.41) is 13.2. The van der Waals surface area contributed by atoms with Gasteiger partial charge in [-0.15, -0.1) is 0 Å². The van der Waals surface area contributed by atoms with Gasteiger partial charge < -0.3 is 62.9 Å². The Morgan fingerprint density at radius 1 is 0.671 bits per heavy atom. The van der Waals surface area contributed by atoms with E-state index < -0.39 is 116 Å². The summed E-state index contributed by atoms with van der Waals surface area (Å²) in [6, 6.07) is 4.03. The Bertz CT molecular complexity index is 3570. The SMILES string of the molecule is CC1=NO[C@@]2(CC[C@H](C)N3C[C@H]2n2cc(C(=O)NCc4ccc(F)cc4F)c(=O)c(OC(=O)OCC(C)C)c2C3=O)C1.COC1=NO[C@@]2(CC[C@H](C)N3C[C@H]2n2cc(C(=O)NCc4ccc(F)cc4F)c(=O)c(OC(=O)OCC(C)C)c2C3=O)C1.[HH].[HH]. The topological polar surface area (TPSA) is 266 Å². The molecular weight excluding hydrogens is 1120 g/mol. The Balaban J connectivity index is 0.000000243. The largest absolute Gasteiger partial charge is 0.514 e. The molecule has 458 valence electrons. The van der Waals surface area contributed by atoms with E-state index in [1.807, 2.05) is 34.6 Å². The highest BCUT2D eigenvalue weighted by Crippen LogP contribution is 2.48. The highest BCUT2D eigenvalue weighted by atomic mass is 19.1. The zero-order chi connectivity index (χ0) is 61.4. The number of benzene rings is 2. The Hall–Kier alpha value is -8.78. The van der Waals surface area contributed by atoms with Gasteiger partial charge in [0.15, 0.2) is 22.6 Å². The fraction of sp³-hybridized carbons (Fsp3) is 0.483. The van der Waals surface area contributed by atoms with Crippen LogP contribution in [0.1, 0.15) is 155 Å². The van der Waals surface area contributed by atoms with E-state index in [1.54, 1.807) is 23.6 Å². The van der Waals surface area contributed by atoms with Gasteiger partial charge in [0.25, 0.3) is 23.6 Å². The zero-order valence-electron chi connectivity index (χ0n) is 47.9. The van der Waals surface area contributed by atoms with Gasteiger partial charge in [0.1, 0.15) is 34.4 Å². The molecule has 10 rings (SSSR count). The summed E-state index contributed by atoms with van der Waals surface area (Å²) in [6.45, 7) is 12.4. The van der Waals surface area contributed by atoms with Crippen LogP contribution in [0.2, 0.25) is 0 Å². The van der Waals surface area contributed by atoms with E-state index in [0.717, 1.165) is 17.8 Å². The van der Waals surface area contributed by atoms with E-state index in [9.17, 15) is 55.9 Å². The van der Waals surface area contributed by atoms with Gasteiger partial charge in [-0.05, 0) is 70.4 Å². The van der Waals surface area contributed by atoms with Crippen molar-refractivity contribution in [3.8, 4) is 11.5 Å². The lowest BCUT2D eigenvalue weighted by Crippen LogP contribution is -2.52. The number of ether oxygens (including phenoxy) is 5. The van der Waals surface area contributed by atoms with Crippen LogP contribution < -0.4 is 31.0 Å². The molecule has 2 spiro atoms. The molecular formula is C58H68F4N8O15. The highest BCUT2D eigenvalue weighted by Gasteiger charge is 2.56. The first kappa shape index (κ1) is 60.8. The fourth-order valence-electron chi connectivity index (χ4n) is 11.2. The molecule has 6 aliphatic heterocycles. The number of halogens is 4. The second-order valence-corrected chi connectivity index (χ2v) is 22.8. The lowest BCUT2D eigenvalue weighted by Gasteiger charge is -2.42. The maximum Gasteiger partial charge on any atom is 0.514 e. The predicted molar refractivity (Wildman–Crippen MR) is 296 cm³/mol. The molecule has 6 atom stereocenters. The molecule has 0 radical (unpaired) electrons. The summed E-state index contributed by atoms with van der Waals surface area (Å²) in [5.41, 5.74) is -4.59. The number of amides is 4. The van der Waals surface area contributed by atoms with Crippen LogP contribution >= 0.6 is 0 Å². The van der Waals surface area contributed by atoms with E-state index in [0.29, 0.717) is 50.1 Å². The zero-order valence-corrected chi connectivity index (χ0v) is 47.9. The number of methoxy groups -OCH3 is 1. The van der Waals surface area contributed by atoms with E-state index in [1.165, 1.54) is 40.8 Å². The number of hydrogen-bond acceptors (Lipinski definition) is 17. The van der Waals surface area contributed by atoms with E-state index >= 15 is 0 Å². The number of nitrogens with one attached hydrogen (secondary N) is 2. The molecule has 8 heterocycles. The Labute approximate surface area is 487 Å². The van der Waals surface area contributed by atoms with Crippen molar-refractivity contribution in [2.45, 2.75) is 135 Å². The molecule has 2 N–H and O–H groups in total. The number of carbonyl (C=O) groups excluding carboxylic acids is 6. The van der Waals surface area contributed by atoms with Crippen LogP contribution in [0.3, 0.4) is 0 Å². The van der Waals surface area contributed by atoms with Crippen LogP contribution in [0.4, 0.5) is 27.2 Å². The average Bonchev–Trinajstić information content (AvgIpc) is 1.79. The first-order valence-electron chi connectivity index (χ1n) is 27.7. The van der Waals surface area contributed by atoms with Crippen LogP contribution in [-0.2, 0) is 37.0 Å². The van der Waals surface area contributed by atoms with Gasteiger partial charge in [-0.3, -0.25) is 28.8 Å². The summed E-state index contributed by atoms with van der Waals surface area (Å²) in [4.78, 5) is 122. The first-order valence-corrected chi connectivity index (χ1v) is 27.7. The van der Waals surface area contributed by atoms with Gasteiger partial charge in [-0.2, -0.15) is 0 Å². The monoisotopic (exact) mass is 1190 g/mol. The highest BCUT2D eigenvalue weighted by molar-refractivity contribution is 6.01. The molecule has 2 saturated heterocycles. The van der Waals surface area contributed by atoms with Crippen molar-refractivity contribution >= 4 is 47.5 Å². The smallest absolute Gasteiger partial charge is 0.482 e. The van der Waals surface area contributed by atoms with Gasteiger partial charge in [-0.1, -0.05) is 50.1 Å². The van der Waals surface area contributed by atoms with E-state index in [-0.39, 0.29) is 95.1 Å². The minimum Gasteiger partial charge on any atom is -0.482 e. The maximum atomic E-state index is 14.2. The van der Waals surface area contributed by atoms with Crippen molar-refractivity contribution in [2.24, 2.45) is 22.1 Å². The van der Waals surface area contributed by atoms with Crippen molar-refractivity contribution in [3.63, 3.8) is 0 Å². The summed E-state index contributed by atoms with van der Waals surface area (Å²) in [6.07, 6.45) is 2.87. The number of rotatable bonds is 12. The van der Waals surface area contributed by atoms with Crippen LogP contribution in [0, 0.1) is 35.1 Å². The van der Waals surface area contributed by atoms with Gasteiger partial charge >= 0.3 is 12.3 Å². The Kier molecular flexibility index (Phi) is 17.5. The second kappa shape index (κ2) is 24.4. The molecule has 27 heteroatoms. The molecule has 0 unspecified atom stereocenters. The molecule has 4 aromatic rings. The number of hydrogen-bond donors (Lipinski definition) is 2. The van der Waals surface area contributed by atoms with Crippen molar-refractivity contribution in [1.82, 2.24) is 29.6 Å². The molecule has 4 amide bonds. The first-order chi connectivity index (χ1) is 40.3. The lowest BCUT2D eigenvalue weighted by molar-refractivity contribution is -0.0658. The predicted octanol–water partition coefficient (Wildman–Crippen LogP) is 7.96. The molecule has 2 aromatic carbocycles. The number of fused-ring (bicyclic) bond motifs is 10. The lowest BCUT2D eigenvalue weighted by atomic mass is 9.84. The standard InChI is InChI=1S/C29H32F2N4O8.C29H32F2N4O7.2H2/c1-15(2)14-41-28(39)42-25-23-27(38)34-13-21(29(8-7-16(34)3)10-22(40-4)33-43-29)35(23)12-19(24(25)36)26(37)32-11-17-5-6-18(30)9-20(17)31;1-15(2)14-40-28(39)41-25-23-27(38)34-13-22(29(8-7-17(34)4)10-16(3)33-42-29)35(23)12-20(24(25)36)26(37)32-11-18-5-6-19(30)9-21(18)31;;/h5-6,9,12,15-16,21H,7-8,10-11,13-14H2,1-4H3,(H,32,37);5-6,9,12,15,17,22H,7-8,10-11,13-14H2,1-4H3,(H,32,37);2*1H/t16-,21+,29-;17-,22+,29-;;/m00../s1. The molecule has 0 aliphatic carbocycles. The van der Waals surface area contributed by atoms with Crippen LogP contribution in [0.25, 0.3) is 0 Å². The molecule has 23 nitrogen and oxygen atoms in total. The van der Waals surface area contributed by atoms with Crippen molar-refractivity contribution < 1.29 is 82.5 Å². The summed E-state index contributed by atoms with van der Waals surface area (Å²) < 4.78 is 84.3. The Morgan fingerprint density at radius 2 is 1.09 bits per heavy atom. The minimum atomic E-state index is -1.22. The molecule has 2 aromatic heterocycles. The summed E-state index contributed by atoms with van der Waals surface area (Å²) >= 11 is 0. The maximum absolute atomic E-state index is 14.2. The Morgan fingerprint density at radius 3 is 1.47 bits per heavy atom. The summed E-state index contributed by atoms with van der Waals surface area (Å²) in [7, 11) is 1.46. The van der Waals surface area contributed by atoms with Crippen molar-refractivity contribution in [1.29, 1.82) is 0 Å². The second-order valence-electron chi connectivity index (χ2n) is 22.8. The number of carbonyl (C=O) groups is 6. The van der Waals surface area contributed by atoms with E-state index in [2.05, 4.69) is 20.9 Å². The summed E-state index contributed by atoms with van der Waals surface area (Å²) in [5.74, 6) is -7.34. The van der Waals surface area contributed by atoms with Crippen LogP contribution in [0.15, 0.2) is 68.7 Å². The number of nitrogens with zero attached hydrogens (tertiary/aromatic N) is 6. The van der Waals surface area contributed by atoms with Crippen molar-refractivity contribution in [2.75, 3.05) is 33.4 Å². The third kappa shape index (κ3) is 12.3. The van der Waals surface area contributed by atoms with Gasteiger partial charge in [0.05, 0.1) is 44.5 Å². The minimum absolute atomic E-state index is 0. The quantitative estimate of drug-likeness (QED) is 0.101. The molecule has 85 heavy (non-hydrogen) atoms. The average molecular weight is 1190 g/mol. The molecule has 0 saturated carbocycles. The van der Waals surface area contributed by atoms with Crippen LogP contribution in [-0.4, -0.2) is 123 Å². The normalized spacial score (nSPS) is 22.6. The van der Waals surface area contributed by atoms with Crippen molar-refractivity contribution in [3.05, 3.63) is 126 Å². The third-order valence-electron chi connectivity index (χ3n) is 15.8. The number of oxime groups is 2. The third-order valence-corrected chi connectivity index (χ3v) is 15.8. The number of aromatic nitrogens is 2. The van der Waals surface area contributed by atoms with E-state index in [4.69, 9.17) is 33.4 Å². The van der Waals surface area contributed by atoms with Gasteiger partial charge in [0, 0.05) is 83.2 Å². The molecule has 6 aliphatic rings.